The number of alkyl halides is 2. The van der Waals surface area contributed by atoms with Gasteiger partial charge in [-0.2, -0.15) is 8.78 Å². The van der Waals surface area contributed by atoms with Crippen LogP contribution in [0.4, 0.5) is 8.78 Å². The predicted molar refractivity (Wildman–Crippen MR) is 82.6 cm³/mol. The molecule has 0 fully saturated rings. The minimum Gasteiger partial charge on any atom is -0.493 e. The van der Waals surface area contributed by atoms with Gasteiger partial charge in [-0.3, -0.25) is 9.59 Å². The number of halogens is 2. The van der Waals surface area contributed by atoms with Crippen molar-refractivity contribution in [2.75, 3.05) is 7.11 Å². The van der Waals surface area contributed by atoms with Gasteiger partial charge < -0.3 is 19.9 Å². The number of benzene rings is 1. The highest BCUT2D eigenvalue weighted by atomic mass is 19.3. The first-order chi connectivity index (χ1) is 11.1. The molecule has 0 radical (unpaired) electrons. The van der Waals surface area contributed by atoms with E-state index < -0.39 is 24.0 Å². The van der Waals surface area contributed by atoms with Crippen molar-refractivity contribution >= 4 is 11.9 Å². The maximum absolute atomic E-state index is 12.4. The second-order valence-corrected chi connectivity index (χ2v) is 5.84. The molecular formula is C16H21F2NO5. The number of nitrogens with one attached hydrogen (secondary N) is 1. The van der Waals surface area contributed by atoms with Crippen LogP contribution >= 0.6 is 0 Å². The number of aliphatic carboxylic acids is 1. The van der Waals surface area contributed by atoms with Gasteiger partial charge in [0.15, 0.2) is 11.5 Å². The maximum Gasteiger partial charge on any atom is 0.387 e. The number of hydrogen-bond donors (Lipinski definition) is 2. The molecule has 0 aliphatic heterocycles. The van der Waals surface area contributed by atoms with Crippen LogP contribution in [-0.4, -0.2) is 36.2 Å². The van der Waals surface area contributed by atoms with Gasteiger partial charge in [0.25, 0.3) is 5.91 Å². The highest BCUT2D eigenvalue weighted by Crippen LogP contribution is 2.30. The van der Waals surface area contributed by atoms with Crippen LogP contribution in [0.1, 0.15) is 37.6 Å². The van der Waals surface area contributed by atoms with Crippen molar-refractivity contribution in [1.82, 2.24) is 5.32 Å². The molecule has 1 rings (SSSR count). The van der Waals surface area contributed by atoms with E-state index in [2.05, 4.69) is 10.1 Å². The van der Waals surface area contributed by atoms with E-state index in [0.29, 0.717) is 0 Å². The van der Waals surface area contributed by atoms with Crippen molar-refractivity contribution in [1.29, 1.82) is 0 Å². The number of carbonyl (C=O) groups excluding carboxylic acids is 1. The fourth-order valence-corrected chi connectivity index (χ4v) is 2.04. The molecule has 0 saturated heterocycles. The average molecular weight is 345 g/mol. The summed E-state index contributed by atoms with van der Waals surface area (Å²) in [5, 5.41) is 11.7. The van der Waals surface area contributed by atoms with Crippen molar-refractivity contribution in [2.24, 2.45) is 5.92 Å². The fraction of sp³-hybridized carbons (Fsp3) is 0.500. The summed E-state index contributed by atoms with van der Waals surface area (Å²) in [6.07, 6.45) is -0.271. The molecule has 1 atom stereocenters. The largest absolute Gasteiger partial charge is 0.493 e. The third-order valence-corrected chi connectivity index (χ3v) is 3.83. The van der Waals surface area contributed by atoms with E-state index in [-0.39, 0.29) is 29.4 Å². The molecule has 0 spiro atoms. The summed E-state index contributed by atoms with van der Waals surface area (Å²) >= 11 is 0. The first-order valence-electron chi connectivity index (χ1n) is 7.26. The molecule has 8 heteroatoms. The van der Waals surface area contributed by atoms with Crippen molar-refractivity contribution < 1.29 is 33.0 Å². The van der Waals surface area contributed by atoms with Crippen LogP contribution in [0.2, 0.25) is 0 Å². The third kappa shape index (κ3) is 5.07. The number of methoxy groups -OCH3 is 1. The lowest BCUT2D eigenvalue weighted by molar-refractivity contribution is -0.138. The van der Waals surface area contributed by atoms with E-state index in [1.54, 1.807) is 20.8 Å². The topological polar surface area (TPSA) is 84.9 Å². The summed E-state index contributed by atoms with van der Waals surface area (Å²) in [6, 6.07) is 3.84. The Morgan fingerprint density at radius 2 is 1.92 bits per heavy atom. The minimum absolute atomic E-state index is 0.0590. The fourth-order valence-electron chi connectivity index (χ4n) is 2.04. The Morgan fingerprint density at radius 1 is 1.29 bits per heavy atom. The van der Waals surface area contributed by atoms with Crippen molar-refractivity contribution in [2.45, 2.75) is 39.3 Å². The zero-order chi connectivity index (χ0) is 18.5. The van der Waals surface area contributed by atoms with Crippen LogP contribution in [0.3, 0.4) is 0 Å². The summed E-state index contributed by atoms with van der Waals surface area (Å²) in [7, 11) is 1.29. The van der Waals surface area contributed by atoms with Crippen LogP contribution in [0.15, 0.2) is 18.2 Å². The summed E-state index contributed by atoms with van der Waals surface area (Å²) < 4.78 is 34.1. The molecule has 2 N–H and O–H groups in total. The molecular weight excluding hydrogens is 324 g/mol. The van der Waals surface area contributed by atoms with Crippen LogP contribution in [0.25, 0.3) is 0 Å². The zero-order valence-electron chi connectivity index (χ0n) is 13.9. The number of carboxylic acid groups (broad SMARTS) is 1. The van der Waals surface area contributed by atoms with Gasteiger partial charge in [-0.25, -0.2) is 0 Å². The van der Waals surface area contributed by atoms with Gasteiger partial charge in [0.1, 0.15) is 0 Å². The summed E-state index contributed by atoms with van der Waals surface area (Å²) in [4.78, 5) is 23.4. The number of carboxylic acids is 1. The Hall–Kier alpha value is -2.38. The first kappa shape index (κ1) is 19.7. The zero-order valence-corrected chi connectivity index (χ0v) is 13.9. The molecule has 0 aromatic heterocycles. The summed E-state index contributed by atoms with van der Waals surface area (Å²) in [5.74, 6) is -2.02. The van der Waals surface area contributed by atoms with Gasteiger partial charge in [0, 0.05) is 5.56 Å². The lowest BCUT2D eigenvalue weighted by Crippen LogP contribution is -2.51. The van der Waals surface area contributed by atoms with Crippen molar-refractivity contribution in [3.8, 4) is 11.5 Å². The second-order valence-electron chi connectivity index (χ2n) is 5.84. The monoisotopic (exact) mass is 345 g/mol. The highest BCUT2D eigenvalue weighted by Gasteiger charge is 2.33. The van der Waals surface area contributed by atoms with Gasteiger partial charge in [-0.1, -0.05) is 13.8 Å². The number of carbonyl (C=O) groups is 2. The lowest BCUT2D eigenvalue weighted by atomic mass is 9.85. The lowest BCUT2D eigenvalue weighted by Gasteiger charge is -2.33. The van der Waals surface area contributed by atoms with E-state index >= 15 is 0 Å². The first-order valence-corrected chi connectivity index (χ1v) is 7.26. The van der Waals surface area contributed by atoms with Gasteiger partial charge in [-0.05, 0) is 31.0 Å². The normalized spacial score (nSPS) is 13.5. The number of ether oxygens (including phenoxy) is 2. The van der Waals surface area contributed by atoms with E-state index in [9.17, 15) is 18.4 Å². The molecule has 0 bridgehead atoms. The Kier molecular flexibility index (Phi) is 6.51. The quantitative estimate of drug-likeness (QED) is 0.757. The minimum atomic E-state index is -3.06. The van der Waals surface area contributed by atoms with Crippen molar-refractivity contribution in [3.63, 3.8) is 0 Å². The predicted octanol–water partition coefficient (Wildman–Crippen LogP) is 2.92. The molecule has 24 heavy (non-hydrogen) atoms. The molecule has 134 valence electrons. The molecule has 1 aromatic rings. The van der Waals surface area contributed by atoms with E-state index in [4.69, 9.17) is 9.84 Å². The van der Waals surface area contributed by atoms with E-state index in [0.717, 1.165) is 6.07 Å². The molecule has 0 aliphatic carbocycles. The number of rotatable bonds is 8. The van der Waals surface area contributed by atoms with E-state index in [1.807, 2.05) is 0 Å². The smallest absolute Gasteiger partial charge is 0.387 e. The van der Waals surface area contributed by atoms with Gasteiger partial charge in [-0.15, -0.1) is 0 Å². The number of hydrogen-bond acceptors (Lipinski definition) is 4. The molecule has 1 aromatic carbocycles. The molecule has 6 nitrogen and oxygen atoms in total. The van der Waals surface area contributed by atoms with Crippen LogP contribution in [-0.2, 0) is 4.79 Å². The number of amides is 1. The van der Waals surface area contributed by atoms with Gasteiger partial charge in [0.2, 0.25) is 0 Å². The molecule has 0 heterocycles. The molecule has 0 aliphatic rings. The van der Waals surface area contributed by atoms with Crippen LogP contribution < -0.4 is 14.8 Å². The van der Waals surface area contributed by atoms with Crippen LogP contribution in [0.5, 0.6) is 11.5 Å². The second kappa shape index (κ2) is 7.94. The molecule has 1 unspecified atom stereocenters. The highest BCUT2D eigenvalue weighted by molar-refractivity contribution is 5.95. The summed E-state index contributed by atoms with van der Waals surface area (Å²) in [6.45, 7) is 2.11. The van der Waals surface area contributed by atoms with Crippen molar-refractivity contribution in [3.05, 3.63) is 23.8 Å². The Morgan fingerprint density at radius 3 is 2.38 bits per heavy atom. The summed E-state index contributed by atoms with van der Waals surface area (Å²) in [5.41, 5.74) is -0.934. The molecule has 1 amide bonds. The Balaban J connectivity index is 3.07. The standard InChI is InChI=1S/C16H21F2NO5/c1-9(2)16(3,8-13(20)21)19-14(22)10-5-6-11(23-4)12(7-10)24-15(17)18/h5-7,9,15H,8H2,1-4H3,(H,19,22)(H,20,21). The Labute approximate surface area is 138 Å². The molecule has 0 saturated carbocycles. The van der Waals surface area contributed by atoms with Crippen LogP contribution in [0, 0.1) is 5.92 Å². The third-order valence-electron chi connectivity index (χ3n) is 3.83. The Bertz CT molecular complexity index is 606. The van der Waals surface area contributed by atoms with Gasteiger partial charge >= 0.3 is 12.6 Å². The van der Waals surface area contributed by atoms with Gasteiger partial charge in [0.05, 0.1) is 19.1 Å². The van der Waals surface area contributed by atoms with E-state index in [1.165, 1.54) is 19.2 Å². The SMILES string of the molecule is COc1ccc(C(=O)NC(C)(CC(=O)O)C(C)C)cc1OC(F)F. The average Bonchev–Trinajstić information content (AvgIpc) is 2.45. The maximum atomic E-state index is 12.4.